The first-order valence-electron chi connectivity index (χ1n) is 8.42. The first-order valence-corrected chi connectivity index (χ1v) is 8.42. The number of hydrogen-bond donors (Lipinski definition) is 1. The number of nitrogens with zero attached hydrogens (tertiary/aromatic N) is 2. The molecule has 1 unspecified atom stereocenters. The minimum absolute atomic E-state index is 0.443. The smallest absolute Gasteiger partial charge is 0.121 e. The Balaban J connectivity index is 1.43. The van der Waals surface area contributed by atoms with Crippen LogP contribution in [0.2, 0.25) is 0 Å². The van der Waals surface area contributed by atoms with Gasteiger partial charge in [-0.3, -0.25) is 0 Å². The third kappa shape index (κ3) is 2.06. The number of rotatable bonds is 4. The second-order valence-corrected chi connectivity index (χ2v) is 8.01. The molecule has 0 aromatic carbocycles. The molecule has 4 aliphatic rings. The number of anilines is 1. The van der Waals surface area contributed by atoms with E-state index in [9.17, 15) is 0 Å². The van der Waals surface area contributed by atoms with Gasteiger partial charge in [0.2, 0.25) is 0 Å². The van der Waals surface area contributed by atoms with Crippen molar-refractivity contribution in [1.82, 2.24) is 9.78 Å². The number of nitrogen functional groups attached to an aromatic ring is 1. The Labute approximate surface area is 121 Å². The average molecular weight is 273 g/mol. The third-order valence-corrected chi connectivity index (χ3v) is 6.38. The highest BCUT2D eigenvalue weighted by Crippen LogP contribution is 2.61. The molecule has 0 amide bonds. The lowest BCUT2D eigenvalue weighted by Crippen LogP contribution is -2.46. The van der Waals surface area contributed by atoms with Crippen molar-refractivity contribution >= 4 is 5.82 Å². The second kappa shape index (κ2) is 4.51. The Hall–Kier alpha value is -0.990. The van der Waals surface area contributed by atoms with Crippen LogP contribution in [0.1, 0.15) is 64.3 Å². The maximum absolute atomic E-state index is 5.98. The van der Waals surface area contributed by atoms with Crippen molar-refractivity contribution in [2.24, 2.45) is 23.2 Å². The van der Waals surface area contributed by atoms with E-state index in [1.807, 2.05) is 16.9 Å². The molecule has 3 heteroatoms. The van der Waals surface area contributed by atoms with Gasteiger partial charge < -0.3 is 5.73 Å². The molecule has 1 atom stereocenters. The zero-order valence-electron chi connectivity index (χ0n) is 12.6. The molecule has 1 aromatic heterocycles. The van der Waals surface area contributed by atoms with E-state index >= 15 is 0 Å². The van der Waals surface area contributed by atoms with Gasteiger partial charge in [-0.05, 0) is 87.5 Å². The summed E-state index contributed by atoms with van der Waals surface area (Å²) in [6.45, 7) is 2.27. The van der Waals surface area contributed by atoms with Crippen LogP contribution in [0.3, 0.4) is 0 Å². The highest BCUT2D eigenvalue weighted by Gasteiger charge is 2.50. The van der Waals surface area contributed by atoms with Crippen LogP contribution in [0, 0.1) is 23.2 Å². The van der Waals surface area contributed by atoms with Crippen molar-refractivity contribution in [3.8, 4) is 0 Å². The molecular weight excluding hydrogens is 246 g/mol. The van der Waals surface area contributed by atoms with E-state index in [0.29, 0.717) is 11.5 Å². The Morgan fingerprint density at radius 2 is 1.85 bits per heavy atom. The zero-order chi connectivity index (χ0) is 13.7. The van der Waals surface area contributed by atoms with E-state index in [-0.39, 0.29) is 0 Å². The van der Waals surface area contributed by atoms with Crippen LogP contribution in [0.4, 0.5) is 5.82 Å². The maximum atomic E-state index is 5.98. The maximum Gasteiger partial charge on any atom is 0.121 e. The average Bonchev–Trinajstić information content (AvgIpc) is 2.81. The molecule has 3 nitrogen and oxygen atoms in total. The van der Waals surface area contributed by atoms with Gasteiger partial charge in [0.25, 0.3) is 0 Å². The van der Waals surface area contributed by atoms with Crippen molar-refractivity contribution in [2.75, 3.05) is 5.73 Å². The lowest BCUT2D eigenvalue weighted by atomic mass is 9.48. The summed E-state index contributed by atoms with van der Waals surface area (Å²) in [5.41, 5.74) is 6.66. The SMILES string of the molecule is CC(CCC12CC3CC(CC(C3)C1)C2)n1nccc1N. The quantitative estimate of drug-likeness (QED) is 0.900. The van der Waals surface area contributed by atoms with Crippen molar-refractivity contribution in [3.63, 3.8) is 0 Å². The molecule has 0 spiro atoms. The van der Waals surface area contributed by atoms with Gasteiger partial charge in [0.15, 0.2) is 0 Å². The van der Waals surface area contributed by atoms with E-state index in [2.05, 4.69) is 12.0 Å². The van der Waals surface area contributed by atoms with E-state index in [4.69, 9.17) is 5.73 Å². The lowest BCUT2D eigenvalue weighted by Gasteiger charge is -2.57. The summed E-state index contributed by atoms with van der Waals surface area (Å²) in [4.78, 5) is 0. The van der Waals surface area contributed by atoms with Gasteiger partial charge in [-0.1, -0.05) is 0 Å². The van der Waals surface area contributed by atoms with Crippen LogP contribution in [0.5, 0.6) is 0 Å². The van der Waals surface area contributed by atoms with Crippen molar-refractivity contribution in [2.45, 2.75) is 64.3 Å². The van der Waals surface area contributed by atoms with Crippen molar-refractivity contribution in [1.29, 1.82) is 0 Å². The van der Waals surface area contributed by atoms with Crippen LogP contribution in [0.25, 0.3) is 0 Å². The third-order valence-electron chi connectivity index (χ3n) is 6.38. The lowest BCUT2D eigenvalue weighted by molar-refractivity contribution is -0.0596. The fourth-order valence-electron chi connectivity index (χ4n) is 5.93. The van der Waals surface area contributed by atoms with Crippen LogP contribution in [-0.2, 0) is 0 Å². The summed E-state index contributed by atoms with van der Waals surface area (Å²) in [6.07, 6.45) is 13.6. The molecule has 1 heterocycles. The molecule has 0 radical (unpaired) electrons. The monoisotopic (exact) mass is 273 g/mol. The van der Waals surface area contributed by atoms with Gasteiger partial charge in [0.1, 0.15) is 5.82 Å². The fraction of sp³-hybridized carbons (Fsp3) is 0.824. The molecule has 1 aromatic rings. The predicted octanol–water partition coefficient (Wildman–Crippen LogP) is 4.02. The highest BCUT2D eigenvalue weighted by atomic mass is 15.3. The summed E-state index contributed by atoms with van der Waals surface area (Å²) in [5.74, 6) is 3.99. The fourth-order valence-corrected chi connectivity index (χ4v) is 5.93. The summed E-state index contributed by atoms with van der Waals surface area (Å²) in [5, 5.41) is 4.37. The minimum atomic E-state index is 0.443. The van der Waals surface area contributed by atoms with Crippen LogP contribution < -0.4 is 5.73 Å². The van der Waals surface area contributed by atoms with Crippen LogP contribution in [-0.4, -0.2) is 9.78 Å². The summed E-state index contributed by atoms with van der Waals surface area (Å²) >= 11 is 0. The van der Waals surface area contributed by atoms with Gasteiger partial charge in [0.05, 0.1) is 12.2 Å². The van der Waals surface area contributed by atoms with E-state index < -0.39 is 0 Å². The number of hydrogen-bond acceptors (Lipinski definition) is 2. The first-order chi connectivity index (χ1) is 9.63. The standard InChI is InChI=1S/C17H27N3/c1-12(20-16(18)3-5-19-20)2-4-17-9-13-6-14(10-17)8-15(7-13)11-17/h3,5,12-15H,2,4,6-11,18H2,1H3. The molecule has 20 heavy (non-hydrogen) atoms. The van der Waals surface area contributed by atoms with E-state index in [1.165, 1.54) is 32.1 Å². The molecule has 4 aliphatic carbocycles. The van der Waals surface area contributed by atoms with Crippen LogP contribution in [0.15, 0.2) is 12.3 Å². The molecule has 4 bridgehead atoms. The van der Waals surface area contributed by atoms with Gasteiger partial charge in [0, 0.05) is 0 Å². The topological polar surface area (TPSA) is 43.8 Å². The van der Waals surface area contributed by atoms with Gasteiger partial charge >= 0.3 is 0 Å². The zero-order valence-corrected chi connectivity index (χ0v) is 12.6. The molecule has 2 N–H and O–H groups in total. The minimum Gasteiger partial charge on any atom is -0.384 e. The Kier molecular flexibility index (Phi) is 2.87. The normalized spacial score (nSPS) is 40.1. The number of aromatic nitrogens is 2. The van der Waals surface area contributed by atoms with Gasteiger partial charge in [-0.2, -0.15) is 5.10 Å². The molecule has 4 saturated carbocycles. The van der Waals surface area contributed by atoms with Crippen molar-refractivity contribution < 1.29 is 0 Å². The Morgan fingerprint density at radius 1 is 1.25 bits per heavy atom. The van der Waals surface area contributed by atoms with Crippen molar-refractivity contribution in [3.05, 3.63) is 12.3 Å². The van der Waals surface area contributed by atoms with E-state index in [1.54, 1.807) is 19.3 Å². The predicted molar refractivity (Wildman–Crippen MR) is 81.2 cm³/mol. The van der Waals surface area contributed by atoms with Gasteiger partial charge in [-0.15, -0.1) is 0 Å². The molecule has 4 fully saturated rings. The largest absolute Gasteiger partial charge is 0.384 e. The summed E-state index contributed by atoms with van der Waals surface area (Å²) < 4.78 is 2.00. The van der Waals surface area contributed by atoms with Crippen LogP contribution >= 0.6 is 0 Å². The highest BCUT2D eigenvalue weighted by molar-refractivity contribution is 5.26. The number of nitrogens with two attached hydrogens (primary N) is 1. The summed E-state index contributed by atoms with van der Waals surface area (Å²) in [7, 11) is 0. The molecule has 110 valence electrons. The van der Waals surface area contributed by atoms with Gasteiger partial charge in [-0.25, -0.2) is 4.68 Å². The molecule has 5 rings (SSSR count). The Morgan fingerprint density at radius 3 is 2.35 bits per heavy atom. The Bertz CT molecular complexity index is 455. The molecular formula is C17H27N3. The van der Waals surface area contributed by atoms with E-state index in [0.717, 1.165) is 23.6 Å². The molecule has 0 saturated heterocycles. The second-order valence-electron chi connectivity index (χ2n) is 8.01. The molecule has 0 aliphatic heterocycles. The summed E-state index contributed by atoms with van der Waals surface area (Å²) in [6, 6.07) is 2.35. The first kappa shape index (κ1) is 12.7.